The van der Waals surface area contributed by atoms with Crippen molar-refractivity contribution in [2.45, 2.75) is 104 Å². The number of imidazole rings is 1. The number of nitrogens with one attached hydrogen (secondary N) is 2. The average Bonchev–Trinajstić information content (AvgIpc) is 3.64. The number of carbonyl (C=O) groups excluding carboxylic acids is 2. The van der Waals surface area contributed by atoms with Gasteiger partial charge in [-0.15, -0.1) is 0 Å². The van der Waals surface area contributed by atoms with E-state index in [1.165, 1.54) is 11.1 Å². The number of carbonyl (C=O) groups is 5. The Bertz CT molecular complexity index is 1970. The van der Waals surface area contributed by atoms with Crippen LogP contribution in [0.1, 0.15) is 71.6 Å². The number of benzene rings is 2. The number of halogens is 6. The highest BCUT2D eigenvalue weighted by atomic mass is 32.2. The van der Waals surface area contributed by atoms with Crippen LogP contribution in [0.5, 0.6) is 0 Å². The van der Waals surface area contributed by atoms with E-state index in [0.29, 0.717) is 31.8 Å². The van der Waals surface area contributed by atoms with Crippen molar-refractivity contribution in [1.29, 1.82) is 0 Å². The maximum Gasteiger partial charge on any atom is 0.490 e. The number of fused-ring (bicyclic) bond motifs is 1. The van der Waals surface area contributed by atoms with Crippen LogP contribution in [0, 0.1) is 5.92 Å². The Morgan fingerprint density at radius 3 is 2.05 bits per heavy atom. The molecule has 3 rings (SSSR count). The third-order valence-corrected chi connectivity index (χ3v) is 10.0. The molecule has 0 fully saturated rings. The van der Waals surface area contributed by atoms with Gasteiger partial charge in [-0.3, -0.25) is 14.5 Å². The molecule has 0 saturated heterocycles. The SMILES string of the molecule is CC[C@H](C)[C@@H](CN(CC(=O)N[C@@H](CCSC)C(=O)O)Cc1cccc2ccccc12)NC(=O)Cc1cncn1C/C=C(\C)CCC=C(C)C.O=C(O)C(F)(F)F.O=C(O)C(F)(F)F. The van der Waals surface area contributed by atoms with Gasteiger partial charge in [0.05, 0.1) is 19.3 Å². The molecule has 13 nitrogen and oxygen atoms in total. The average molecular weight is 918 g/mol. The fourth-order valence-electron chi connectivity index (χ4n) is 5.75. The number of nitrogens with zero attached hydrogens (tertiary/aromatic N) is 3. The molecule has 350 valence electrons. The van der Waals surface area contributed by atoms with Crippen LogP contribution in [0.15, 0.2) is 78.3 Å². The van der Waals surface area contributed by atoms with Crippen LogP contribution < -0.4 is 10.6 Å². The summed E-state index contributed by atoms with van der Waals surface area (Å²) in [5.74, 6) is -6.25. The fraction of sp³-hybridized carbons (Fsp3) is 0.488. The molecule has 0 aliphatic rings. The molecule has 3 aromatic rings. The first-order valence-electron chi connectivity index (χ1n) is 19.8. The second-order valence-corrected chi connectivity index (χ2v) is 15.8. The molecule has 1 aromatic heterocycles. The van der Waals surface area contributed by atoms with E-state index in [0.717, 1.165) is 41.3 Å². The lowest BCUT2D eigenvalue weighted by atomic mass is 9.97. The molecule has 0 saturated carbocycles. The predicted molar refractivity (Wildman–Crippen MR) is 229 cm³/mol. The van der Waals surface area contributed by atoms with E-state index in [2.05, 4.69) is 86.7 Å². The number of amides is 2. The van der Waals surface area contributed by atoms with Gasteiger partial charge in [0.1, 0.15) is 6.04 Å². The van der Waals surface area contributed by atoms with Gasteiger partial charge in [-0.1, -0.05) is 86.0 Å². The molecule has 63 heavy (non-hydrogen) atoms. The molecule has 20 heteroatoms. The number of alkyl halides is 6. The zero-order valence-corrected chi connectivity index (χ0v) is 36.9. The van der Waals surface area contributed by atoms with E-state index in [-0.39, 0.29) is 36.7 Å². The molecule has 0 aliphatic heterocycles. The normalized spacial score (nSPS) is 13.1. The van der Waals surface area contributed by atoms with Gasteiger partial charge in [0.2, 0.25) is 11.8 Å². The third kappa shape index (κ3) is 22.5. The second kappa shape index (κ2) is 27.6. The van der Waals surface area contributed by atoms with E-state index in [4.69, 9.17) is 19.8 Å². The van der Waals surface area contributed by atoms with Crippen molar-refractivity contribution in [2.75, 3.05) is 25.1 Å². The maximum absolute atomic E-state index is 13.6. The first-order valence-corrected chi connectivity index (χ1v) is 21.2. The zero-order chi connectivity index (χ0) is 47.9. The lowest BCUT2D eigenvalue weighted by molar-refractivity contribution is -0.193. The Morgan fingerprint density at radius 1 is 0.889 bits per heavy atom. The van der Waals surface area contributed by atoms with E-state index in [9.17, 15) is 45.8 Å². The highest BCUT2D eigenvalue weighted by Gasteiger charge is 2.39. The Kier molecular flexibility index (Phi) is 24.4. The number of aromatic nitrogens is 2. The number of hydrogen-bond donors (Lipinski definition) is 5. The summed E-state index contributed by atoms with van der Waals surface area (Å²) in [5, 5.41) is 32.2. The third-order valence-electron chi connectivity index (χ3n) is 9.37. The van der Waals surface area contributed by atoms with Gasteiger partial charge in [-0.2, -0.15) is 38.1 Å². The summed E-state index contributed by atoms with van der Waals surface area (Å²) in [6, 6.07) is 13.1. The summed E-state index contributed by atoms with van der Waals surface area (Å²) in [4.78, 5) is 62.9. The number of rotatable bonds is 21. The van der Waals surface area contributed by atoms with Crippen LogP contribution in [0.25, 0.3) is 10.8 Å². The molecule has 0 radical (unpaired) electrons. The van der Waals surface area contributed by atoms with Crippen molar-refractivity contribution in [3.05, 3.63) is 89.5 Å². The van der Waals surface area contributed by atoms with Gasteiger partial charge in [0.25, 0.3) is 0 Å². The van der Waals surface area contributed by atoms with Gasteiger partial charge in [0, 0.05) is 37.6 Å². The number of aliphatic carboxylic acids is 3. The first kappa shape index (κ1) is 55.6. The van der Waals surface area contributed by atoms with Gasteiger partial charge in [-0.05, 0) is 74.3 Å². The van der Waals surface area contributed by atoms with Crippen molar-refractivity contribution in [2.24, 2.45) is 5.92 Å². The largest absolute Gasteiger partial charge is 0.490 e. The van der Waals surface area contributed by atoms with Crippen molar-refractivity contribution in [1.82, 2.24) is 25.1 Å². The summed E-state index contributed by atoms with van der Waals surface area (Å²) in [6.07, 6.45) is 3.08. The summed E-state index contributed by atoms with van der Waals surface area (Å²) >= 11 is 1.54. The zero-order valence-electron chi connectivity index (χ0n) is 36.1. The van der Waals surface area contributed by atoms with Crippen LogP contribution >= 0.6 is 11.8 Å². The van der Waals surface area contributed by atoms with E-state index < -0.39 is 36.3 Å². The predicted octanol–water partition coefficient (Wildman–Crippen LogP) is 7.89. The van der Waals surface area contributed by atoms with Crippen molar-refractivity contribution < 1.29 is 65.6 Å². The molecule has 0 aliphatic carbocycles. The number of allylic oxidation sites excluding steroid dienone is 4. The summed E-state index contributed by atoms with van der Waals surface area (Å²) in [7, 11) is 0. The summed E-state index contributed by atoms with van der Waals surface area (Å²) < 4.78 is 65.5. The fourth-order valence-corrected chi connectivity index (χ4v) is 6.22. The maximum atomic E-state index is 13.6. The van der Waals surface area contributed by atoms with Gasteiger partial charge < -0.3 is 30.5 Å². The number of hydrogen-bond acceptors (Lipinski definition) is 8. The number of thioether (sulfide) groups is 1. The Labute approximate surface area is 367 Å². The molecule has 1 heterocycles. The monoisotopic (exact) mass is 917 g/mol. The molecule has 2 amide bonds. The van der Waals surface area contributed by atoms with E-state index >= 15 is 0 Å². The molecular formula is C43H57F6N5O8S. The quantitative estimate of drug-likeness (QED) is 0.0516. The van der Waals surface area contributed by atoms with Gasteiger partial charge in [-0.25, -0.2) is 19.4 Å². The highest BCUT2D eigenvalue weighted by molar-refractivity contribution is 7.98. The standard InChI is InChI=1S/C39H55N5O4S.2C2HF3O2/c1-7-30(5)36(42-37(45)22-33-23-40-27-44(33)20-18-29(4)13-10-12-28(2)3)25-43(26-38(46)41-35(39(47)48)19-21-49-6)24-32-16-11-15-31-14-8-9-17-34(31)32;2*3-2(4,5)1(6)7/h8-9,11-12,14-18,23,27,30,35-36H,7,10,13,19-22,24-26H2,1-6H3,(H,41,46)(H,42,45)(H,47,48);2*(H,6,7)/b29-18+;;/t30-,35-,36+;;/m0../s1. The van der Waals surface area contributed by atoms with Crippen molar-refractivity contribution >= 4 is 52.3 Å². The van der Waals surface area contributed by atoms with Crippen molar-refractivity contribution in [3.63, 3.8) is 0 Å². The Balaban J connectivity index is 0.00000121. The second-order valence-electron chi connectivity index (χ2n) is 14.8. The smallest absolute Gasteiger partial charge is 0.480 e. The molecule has 0 bridgehead atoms. The molecule has 3 atom stereocenters. The topological polar surface area (TPSA) is 191 Å². The van der Waals surface area contributed by atoms with Crippen LogP contribution in [0.2, 0.25) is 0 Å². The minimum absolute atomic E-state index is 0.00114. The lowest BCUT2D eigenvalue weighted by Crippen LogP contribution is -2.51. The minimum atomic E-state index is -5.08. The van der Waals surface area contributed by atoms with Gasteiger partial charge in [0.15, 0.2) is 0 Å². The molecule has 5 N–H and O–H groups in total. The van der Waals surface area contributed by atoms with Crippen LogP contribution in [0.3, 0.4) is 0 Å². The summed E-state index contributed by atoms with van der Waals surface area (Å²) in [6.45, 7) is 12.1. The van der Waals surface area contributed by atoms with E-state index in [1.54, 1.807) is 24.3 Å². The van der Waals surface area contributed by atoms with Crippen LogP contribution in [0.4, 0.5) is 26.3 Å². The molecule has 0 spiro atoms. The minimum Gasteiger partial charge on any atom is -0.480 e. The lowest BCUT2D eigenvalue weighted by Gasteiger charge is -2.31. The number of carboxylic acids is 3. The molecule has 0 unspecified atom stereocenters. The van der Waals surface area contributed by atoms with Gasteiger partial charge >= 0.3 is 30.3 Å². The van der Waals surface area contributed by atoms with Crippen LogP contribution in [-0.2, 0) is 43.5 Å². The first-order chi connectivity index (χ1) is 29.4. The van der Waals surface area contributed by atoms with Crippen molar-refractivity contribution in [3.8, 4) is 0 Å². The highest BCUT2D eigenvalue weighted by Crippen LogP contribution is 2.21. The summed E-state index contributed by atoms with van der Waals surface area (Å²) in [5.41, 5.74) is 4.52. The molecule has 2 aromatic carbocycles. The van der Waals surface area contributed by atoms with E-state index in [1.807, 2.05) is 33.9 Å². The number of carboxylic acid groups (broad SMARTS) is 3. The Hall–Kier alpha value is -5.37. The molecular weight excluding hydrogens is 861 g/mol. The van der Waals surface area contributed by atoms with Crippen LogP contribution in [-0.4, -0.2) is 109 Å². The Morgan fingerprint density at radius 2 is 1.49 bits per heavy atom.